The van der Waals surface area contributed by atoms with Crippen LogP contribution >= 0.6 is 0 Å². The molecule has 0 bridgehead atoms. The van der Waals surface area contributed by atoms with Crippen LogP contribution in [0.1, 0.15) is 40.5 Å². The van der Waals surface area contributed by atoms with Crippen LogP contribution in [0.4, 0.5) is 4.79 Å². The maximum absolute atomic E-state index is 12.8. The first-order valence-electron chi connectivity index (χ1n) is 8.97. The molecule has 0 aromatic rings. The van der Waals surface area contributed by atoms with Gasteiger partial charge in [0.1, 0.15) is 12.1 Å². The highest BCUT2D eigenvalue weighted by molar-refractivity contribution is 6.09. The van der Waals surface area contributed by atoms with Crippen molar-refractivity contribution in [2.24, 2.45) is 5.92 Å². The number of imide groups is 1. The van der Waals surface area contributed by atoms with E-state index < -0.39 is 11.6 Å². The third-order valence-electron chi connectivity index (χ3n) is 4.99. The molecule has 7 nitrogen and oxygen atoms in total. The lowest BCUT2D eigenvalue weighted by molar-refractivity contribution is -0.139. The number of hydrogen-bond acceptors (Lipinski definition) is 4. The molecule has 7 heteroatoms. The van der Waals surface area contributed by atoms with Crippen molar-refractivity contribution < 1.29 is 14.4 Å². The number of hydrogen-bond donors (Lipinski definition) is 1. The summed E-state index contributed by atoms with van der Waals surface area (Å²) >= 11 is 0. The maximum Gasteiger partial charge on any atom is 0.325 e. The average molecular weight is 338 g/mol. The number of likely N-dealkylation sites (tertiary alicyclic amines) is 1. The lowest BCUT2D eigenvalue weighted by Crippen LogP contribution is -2.55. The number of piperidine rings is 1. The van der Waals surface area contributed by atoms with Crippen molar-refractivity contribution >= 4 is 17.8 Å². The molecule has 0 unspecified atom stereocenters. The smallest absolute Gasteiger partial charge is 0.325 e. The number of urea groups is 1. The van der Waals surface area contributed by atoms with Gasteiger partial charge in [-0.05, 0) is 32.6 Å². The highest BCUT2D eigenvalue weighted by Gasteiger charge is 2.52. The molecule has 0 aliphatic carbocycles. The van der Waals surface area contributed by atoms with Crippen LogP contribution in [0.5, 0.6) is 0 Å². The van der Waals surface area contributed by atoms with E-state index in [4.69, 9.17) is 0 Å². The Balaban J connectivity index is 2.00. The molecule has 0 atom stereocenters. The molecule has 4 amide bonds. The predicted octanol–water partition coefficient (Wildman–Crippen LogP) is 0.897. The number of nitrogens with one attached hydrogen (secondary N) is 1. The highest BCUT2D eigenvalue weighted by atomic mass is 16.2. The summed E-state index contributed by atoms with van der Waals surface area (Å²) in [7, 11) is 0. The summed E-state index contributed by atoms with van der Waals surface area (Å²) in [5.41, 5.74) is -0.811. The van der Waals surface area contributed by atoms with E-state index in [2.05, 4.69) is 24.1 Å². The number of amides is 4. The van der Waals surface area contributed by atoms with Gasteiger partial charge >= 0.3 is 6.03 Å². The third-order valence-corrected chi connectivity index (χ3v) is 4.99. The van der Waals surface area contributed by atoms with Crippen molar-refractivity contribution in [3.05, 3.63) is 0 Å². The Morgan fingerprint density at radius 1 is 1.21 bits per heavy atom. The highest BCUT2D eigenvalue weighted by Crippen LogP contribution is 2.29. The van der Waals surface area contributed by atoms with E-state index >= 15 is 0 Å². The zero-order valence-electron chi connectivity index (χ0n) is 15.3. The Morgan fingerprint density at radius 3 is 2.29 bits per heavy atom. The van der Waals surface area contributed by atoms with Crippen molar-refractivity contribution in [1.29, 1.82) is 0 Å². The van der Waals surface area contributed by atoms with E-state index in [1.165, 1.54) is 0 Å². The summed E-state index contributed by atoms with van der Waals surface area (Å²) in [6, 6.07) is -0.433. The summed E-state index contributed by atoms with van der Waals surface area (Å²) in [6.45, 7) is 11.7. The number of carbonyl (C=O) groups is 3. The van der Waals surface area contributed by atoms with Crippen molar-refractivity contribution in [1.82, 2.24) is 20.0 Å². The molecule has 1 spiro atoms. The first-order chi connectivity index (χ1) is 11.3. The molecule has 0 radical (unpaired) electrons. The Kier molecular flexibility index (Phi) is 5.85. The fourth-order valence-corrected chi connectivity index (χ4v) is 3.60. The molecule has 2 aliphatic heterocycles. The number of likely N-dealkylation sites (N-methyl/N-ethyl adjacent to an activating group) is 1. The van der Waals surface area contributed by atoms with Crippen LogP contribution in [0, 0.1) is 5.92 Å². The largest absolute Gasteiger partial charge is 0.342 e. The molecule has 2 heterocycles. The van der Waals surface area contributed by atoms with Crippen LogP contribution in [0.2, 0.25) is 0 Å². The van der Waals surface area contributed by atoms with Crippen LogP contribution in [0.3, 0.4) is 0 Å². The molecule has 0 aromatic heterocycles. The van der Waals surface area contributed by atoms with E-state index in [0.717, 1.165) is 24.5 Å². The van der Waals surface area contributed by atoms with Crippen LogP contribution in [-0.2, 0) is 9.59 Å². The Hall–Kier alpha value is -1.63. The summed E-state index contributed by atoms with van der Waals surface area (Å²) < 4.78 is 0. The summed E-state index contributed by atoms with van der Waals surface area (Å²) in [6.07, 6.45) is 1.22. The molecule has 1 N–H and O–H groups in total. The van der Waals surface area contributed by atoms with Crippen LogP contribution < -0.4 is 5.32 Å². The molecular weight excluding hydrogens is 308 g/mol. The second-order valence-electron chi connectivity index (χ2n) is 7.16. The van der Waals surface area contributed by atoms with E-state index in [1.54, 1.807) is 4.90 Å². The van der Waals surface area contributed by atoms with Gasteiger partial charge in [-0.2, -0.15) is 0 Å². The number of carbonyl (C=O) groups excluding carboxylic acids is 3. The predicted molar refractivity (Wildman–Crippen MR) is 91.4 cm³/mol. The van der Waals surface area contributed by atoms with Crippen molar-refractivity contribution in [2.45, 2.75) is 46.1 Å². The zero-order valence-corrected chi connectivity index (χ0v) is 15.3. The fraction of sp³-hybridized carbons (Fsp3) is 0.824. The maximum atomic E-state index is 12.8. The van der Waals surface area contributed by atoms with Crippen LogP contribution in [0.15, 0.2) is 0 Å². The molecular formula is C17H30N4O3. The van der Waals surface area contributed by atoms with Gasteiger partial charge in [0.15, 0.2) is 0 Å². The van der Waals surface area contributed by atoms with Gasteiger partial charge in [-0.25, -0.2) is 4.79 Å². The van der Waals surface area contributed by atoms with Gasteiger partial charge < -0.3 is 15.1 Å². The lowest BCUT2D eigenvalue weighted by Gasteiger charge is -2.38. The second-order valence-corrected chi connectivity index (χ2v) is 7.16. The first kappa shape index (κ1) is 18.7. The van der Waals surface area contributed by atoms with E-state index in [-0.39, 0.29) is 18.4 Å². The lowest BCUT2D eigenvalue weighted by atomic mass is 9.87. The molecule has 2 saturated heterocycles. The minimum Gasteiger partial charge on any atom is -0.342 e. The summed E-state index contributed by atoms with van der Waals surface area (Å²) in [5.74, 6) is 0.158. The number of rotatable bonds is 6. The third kappa shape index (κ3) is 3.71. The monoisotopic (exact) mass is 338 g/mol. The van der Waals surface area contributed by atoms with Crippen molar-refractivity contribution in [2.75, 3.05) is 39.3 Å². The molecule has 0 saturated carbocycles. The SMILES string of the molecule is CCN(CC)C(=O)CN1C(=O)NC2(CCN(CC(C)C)CC2)C1=O. The van der Waals surface area contributed by atoms with Gasteiger partial charge in [0.05, 0.1) is 0 Å². The Morgan fingerprint density at radius 2 is 1.79 bits per heavy atom. The van der Waals surface area contributed by atoms with Crippen molar-refractivity contribution in [3.63, 3.8) is 0 Å². The average Bonchev–Trinajstić information content (AvgIpc) is 2.75. The van der Waals surface area contributed by atoms with E-state index in [0.29, 0.717) is 31.8 Å². The van der Waals surface area contributed by atoms with Gasteiger partial charge in [-0.3, -0.25) is 14.5 Å². The van der Waals surface area contributed by atoms with Gasteiger partial charge in [0, 0.05) is 32.7 Å². The Bertz CT molecular complexity index is 494. The topological polar surface area (TPSA) is 73.0 Å². The summed E-state index contributed by atoms with van der Waals surface area (Å²) in [5, 5.41) is 2.86. The number of nitrogens with zero attached hydrogens (tertiary/aromatic N) is 3. The van der Waals surface area contributed by atoms with Gasteiger partial charge in [-0.15, -0.1) is 0 Å². The van der Waals surface area contributed by atoms with Gasteiger partial charge in [-0.1, -0.05) is 13.8 Å². The second kappa shape index (κ2) is 7.51. The summed E-state index contributed by atoms with van der Waals surface area (Å²) in [4.78, 5) is 42.4. The molecule has 0 aromatic carbocycles. The van der Waals surface area contributed by atoms with Gasteiger partial charge in [0.25, 0.3) is 5.91 Å². The standard InChI is InChI=1S/C17H30N4O3/c1-5-20(6-2)14(22)12-21-15(23)17(18-16(21)24)7-9-19(10-8-17)11-13(3)4/h13H,5-12H2,1-4H3,(H,18,24). The molecule has 2 aliphatic rings. The zero-order chi connectivity index (χ0) is 17.9. The minimum atomic E-state index is -0.811. The first-order valence-corrected chi connectivity index (χ1v) is 8.97. The van der Waals surface area contributed by atoms with Gasteiger partial charge in [0.2, 0.25) is 5.91 Å². The fourth-order valence-electron chi connectivity index (χ4n) is 3.60. The van der Waals surface area contributed by atoms with E-state index in [9.17, 15) is 14.4 Å². The molecule has 2 rings (SSSR count). The quantitative estimate of drug-likeness (QED) is 0.730. The van der Waals surface area contributed by atoms with Crippen LogP contribution in [0.25, 0.3) is 0 Å². The van der Waals surface area contributed by atoms with Crippen LogP contribution in [-0.4, -0.2) is 77.4 Å². The molecule has 24 heavy (non-hydrogen) atoms. The normalized spacial score (nSPS) is 20.8. The molecule has 2 fully saturated rings. The van der Waals surface area contributed by atoms with Crippen molar-refractivity contribution in [3.8, 4) is 0 Å². The Labute approximate surface area is 144 Å². The minimum absolute atomic E-state index is 0.163. The van der Waals surface area contributed by atoms with E-state index in [1.807, 2.05) is 13.8 Å². The molecule has 136 valence electrons.